The van der Waals surface area contributed by atoms with E-state index < -0.39 is 0 Å². The van der Waals surface area contributed by atoms with Crippen LogP contribution in [0.25, 0.3) is 0 Å². The maximum Gasteiger partial charge on any atom is 0.119 e. The maximum absolute atomic E-state index is 5.82. The molecule has 0 fully saturated rings. The first-order valence-corrected chi connectivity index (χ1v) is 7.57. The minimum Gasteiger partial charge on any atom is -0.492 e. The third-order valence-electron chi connectivity index (χ3n) is 3.16. The molecule has 0 saturated heterocycles. The second kappa shape index (κ2) is 8.71. The van der Waals surface area contributed by atoms with Gasteiger partial charge in [0.05, 0.1) is 6.54 Å². The molecule has 3 nitrogen and oxygen atoms in total. The molecule has 0 saturated carbocycles. The summed E-state index contributed by atoms with van der Waals surface area (Å²) in [5, 5.41) is 3.48. The Labute approximate surface area is 129 Å². The molecule has 1 aromatic carbocycles. The molecule has 0 aliphatic heterocycles. The van der Waals surface area contributed by atoms with Gasteiger partial charge in [0.25, 0.3) is 0 Å². The van der Waals surface area contributed by atoms with Gasteiger partial charge in [-0.2, -0.15) is 0 Å². The number of nitrogens with one attached hydrogen (secondary N) is 1. The van der Waals surface area contributed by atoms with Crippen LogP contribution in [0.3, 0.4) is 0 Å². The summed E-state index contributed by atoms with van der Waals surface area (Å²) < 4.78 is 5.82. The van der Waals surface area contributed by atoms with Crippen LogP contribution in [0.2, 0.25) is 0 Å². The van der Waals surface area contributed by atoms with Crippen molar-refractivity contribution in [2.45, 2.75) is 39.8 Å². The van der Waals surface area contributed by atoms with Crippen LogP contribution in [-0.2, 0) is 6.54 Å². The molecule has 0 atom stereocenters. The number of terminal acetylenes is 1. The minimum absolute atomic E-state index is 0.119. The summed E-state index contributed by atoms with van der Waals surface area (Å²) in [6.45, 7) is 12.6. The van der Waals surface area contributed by atoms with Crippen molar-refractivity contribution in [1.29, 1.82) is 0 Å². The molecule has 0 heterocycles. The zero-order chi connectivity index (χ0) is 15.7. The van der Waals surface area contributed by atoms with Gasteiger partial charge >= 0.3 is 0 Å². The Balaban J connectivity index is 2.44. The lowest BCUT2D eigenvalue weighted by Gasteiger charge is -2.21. The zero-order valence-corrected chi connectivity index (χ0v) is 13.8. The van der Waals surface area contributed by atoms with Crippen LogP contribution in [0.1, 0.15) is 33.3 Å². The lowest BCUT2D eigenvalue weighted by Crippen LogP contribution is -2.35. The summed E-state index contributed by atoms with van der Waals surface area (Å²) in [6, 6.07) is 8.24. The minimum atomic E-state index is 0.119. The van der Waals surface area contributed by atoms with E-state index in [0.717, 1.165) is 25.4 Å². The van der Waals surface area contributed by atoms with E-state index in [1.807, 2.05) is 12.1 Å². The summed E-state index contributed by atoms with van der Waals surface area (Å²) in [5.74, 6) is 3.59. The lowest BCUT2D eigenvalue weighted by molar-refractivity contribution is 0.231. The van der Waals surface area contributed by atoms with Gasteiger partial charge in [-0.25, -0.2) is 0 Å². The van der Waals surface area contributed by atoms with E-state index >= 15 is 0 Å². The lowest BCUT2D eigenvalue weighted by atomic mass is 10.1. The SMILES string of the molecule is C#CCN(CC)CCOc1cccc(CNC(C)(C)C)c1. The molecule has 1 aromatic rings. The van der Waals surface area contributed by atoms with Crippen molar-refractivity contribution in [3.05, 3.63) is 29.8 Å². The summed E-state index contributed by atoms with van der Waals surface area (Å²) in [6.07, 6.45) is 5.34. The normalized spacial score (nSPS) is 11.4. The molecule has 21 heavy (non-hydrogen) atoms. The molecule has 116 valence electrons. The highest BCUT2D eigenvalue weighted by Gasteiger charge is 2.08. The Morgan fingerprint density at radius 2 is 2.10 bits per heavy atom. The Morgan fingerprint density at radius 1 is 1.33 bits per heavy atom. The Hall–Kier alpha value is -1.50. The van der Waals surface area contributed by atoms with E-state index in [1.165, 1.54) is 5.56 Å². The Kier molecular flexibility index (Phi) is 7.28. The van der Waals surface area contributed by atoms with Crippen LogP contribution in [0.5, 0.6) is 5.75 Å². The van der Waals surface area contributed by atoms with Crippen molar-refractivity contribution in [2.24, 2.45) is 0 Å². The quantitative estimate of drug-likeness (QED) is 0.744. The van der Waals surface area contributed by atoms with Crippen LogP contribution in [0, 0.1) is 12.3 Å². The van der Waals surface area contributed by atoms with Gasteiger partial charge in [0.1, 0.15) is 12.4 Å². The van der Waals surface area contributed by atoms with Crippen LogP contribution in [-0.4, -0.2) is 36.7 Å². The van der Waals surface area contributed by atoms with Crippen molar-refractivity contribution in [2.75, 3.05) is 26.2 Å². The van der Waals surface area contributed by atoms with E-state index in [-0.39, 0.29) is 5.54 Å². The van der Waals surface area contributed by atoms with E-state index in [4.69, 9.17) is 11.2 Å². The summed E-state index contributed by atoms with van der Waals surface area (Å²) in [4.78, 5) is 2.19. The van der Waals surface area contributed by atoms with E-state index in [2.05, 4.69) is 56.0 Å². The highest BCUT2D eigenvalue weighted by Crippen LogP contribution is 2.14. The smallest absolute Gasteiger partial charge is 0.119 e. The Bertz CT molecular complexity index is 457. The van der Waals surface area contributed by atoms with Gasteiger partial charge in [0.2, 0.25) is 0 Å². The number of ether oxygens (including phenoxy) is 1. The van der Waals surface area contributed by atoms with Gasteiger partial charge < -0.3 is 10.1 Å². The molecule has 0 bridgehead atoms. The van der Waals surface area contributed by atoms with Crippen LogP contribution < -0.4 is 10.1 Å². The van der Waals surface area contributed by atoms with Gasteiger partial charge in [-0.15, -0.1) is 6.42 Å². The fourth-order valence-corrected chi connectivity index (χ4v) is 1.88. The van der Waals surface area contributed by atoms with Crippen LogP contribution in [0.4, 0.5) is 0 Å². The van der Waals surface area contributed by atoms with Crippen LogP contribution >= 0.6 is 0 Å². The number of benzene rings is 1. The van der Waals surface area contributed by atoms with E-state index in [1.54, 1.807) is 0 Å². The standard InChI is InChI=1S/C18H28N2O/c1-6-11-20(7-2)12-13-21-17-10-8-9-16(14-17)15-19-18(3,4)5/h1,8-10,14,19H,7,11-13,15H2,2-5H3. The summed E-state index contributed by atoms with van der Waals surface area (Å²) >= 11 is 0. The molecule has 0 aromatic heterocycles. The predicted molar refractivity (Wildman–Crippen MR) is 89.5 cm³/mol. The number of hydrogen-bond acceptors (Lipinski definition) is 3. The largest absolute Gasteiger partial charge is 0.492 e. The zero-order valence-electron chi connectivity index (χ0n) is 13.8. The highest BCUT2D eigenvalue weighted by atomic mass is 16.5. The van der Waals surface area contributed by atoms with Gasteiger partial charge in [-0.05, 0) is 45.0 Å². The number of nitrogens with zero attached hydrogens (tertiary/aromatic N) is 1. The number of likely N-dealkylation sites (N-methyl/N-ethyl adjacent to an activating group) is 1. The van der Waals surface area contributed by atoms with Crippen molar-refractivity contribution in [1.82, 2.24) is 10.2 Å². The second-order valence-electron chi connectivity index (χ2n) is 6.17. The third-order valence-corrected chi connectivity index (χ3v) is 3.16. The molecule has 0 amide bonds. The topological polar surface area (TPSA) is 24.5 Å². The Morgan fingerprint density at radius 3 is 2.71 bits per heavy atom. The first-order valence-electron chi connectivity index (χ1n) is 7.57. The van der Waals surface area contributed by atoms with Crippen molar-refractivity contribution in [3.8, 4) is 18.1 Å². The average molecular weight is 288 g/mol. The molecular weight excluding hydrogens is 260 g/mol. The second-order valence-corrected chi connectivity index (χ2v) is 6.17. The van der Waals surface area contributed by atoms with Crippen LogP contribution in [0.15, 0.2) is 24.3 Å². The van der Waals surface area contributed by atoms with Crippen molar-refractivity contribution in [3.63, 3.8) is 0 Å². The monoisotopic (exact) mass is 288 g/mol. The first kappa shape index (κ1) is 17.6. The molecule has 1 N–H and O–H groups in total. The van der Waals surface area contributed by atoms with E-state index in [0.29, 0.717) is 13.2 Å². The molecule has 1 rings (SSSR count). The van der Waals surface area contributed by atoms with Crippen molar-refractivity contribution < 1.29 is 4.74 Å². The fourth-order valence-electron chi connectivity index (χ4n) is 1.88. The van der Waals surface area contributed by atoms with Gasteiger partial charge in [-0.1, -0.05) is 25.0 Å². The summed E-state index contributed by atoms with van der Waals surface area (Å²) in [7, 11) is 0. The molecule has 0 radical (unpaired) electrons. The van der Waals surface area contributed by atoms with Gasteiger partial charge in [0.15, 0.2) is 0 Å². The molecule has 0 unspecified atom stereocenters. The number of hydrogen-bond donors (Lipinski definition) is 1. The molecule has 0 spiro atoms. The molecule has 3 heteroatoms. The van der Waals surface area contributed by atoms with Crippen molar-refractivity contribution >= 4 is 0 Å². The first-order chi connectivity index (χ1) is 9.94. The number of rotatable bonds is 8. The van der Waals surface area contributed by atoms with Gasteiger partial charge in [-0.3, -0.25) is 4.90 Å². The molecule has 0 aliphatic rings. The predicted octanol–water partition coefficient (Wildman–Crippen LogP) is 2.91. The highest BCUT2D eigenvalue weighted by molar-refractivity contribution is 5.28. The molecule has 0 aliphatic carbocycles. The fraction of sp³-hybridized carbons (Fsp3) is 0.556. The van der Waals surface area contributed by atoms with Gasteiger partial charge in [0, 0.05) is 18.6 Å². The average Bonchev–Trinajstić information content (AvgIpc) is 2.44. The third kappa shape index (κ3) is 7.75. The maximum atomic E-state index is 5.82. The summed E-state index contributed by atoms with van der Waals surface area (Å²) in [5.41, 5.74) is 1.35. The molecular formula is C18H28N2O. The van der Waals surface area contributed by atoms with E-state index in [9.17, 15) is 0 Å².